The molecule has 5 aliphatic rings. The monoisotopic (exact) mass is 442 g/mol. The van der Waals surface area contributed by atoms with Crippen molar-refractivity contribution in [1.29, 1.82) is 0 Å². The third kappa shape index (κ3) is 4.51. The van der Waals surface area contributed by atoms with Crippen molar-refractivity contribution in [2.24, 2.45) is 17.8 Å². The minimum Gasteiger partial charge on any atom is -0.372 e. The van der Waals surface area contributed by atoms with Crippen LogP contribution in [0.4, 0.5) is 0 Å². The Morgan fingerprint density at radius 1 is 1.10 bits per heavy atom. The smallest absolute Gasteiger partial charge is 0.255 e. The van der Waals surface area contributed by atoms with Gasteiger partial charge in [-0.25, -0.2) is 0 Å². The van der Waals surface area contributed by atoms with E-state index >= 15 is 0 Å². The number of amides is 2. The number of ether oxygens (including phenoxy) is 1. The molecule has 4 aliphatic carbocycles. The van der Waals surface area contributed by atoms with Gasteiger partial charge in [0.1, 0.15) is 0 Å². The maximum absolute atomic E-state index is 13.2. The zero-order valence-electron chi connectivity index (χ0n) is 18.7. The largest absolute Gasteiger partial charge is 0.372 e. The maximum atomic E-state index is 13.2. The van der Waals surface area contributed by atoms with Crippen molar-refractivity contribution in [3.63, 3.8) is 0 Å². The van der Waals surface area contributed by atoms with Gasteiger partial charge in [0.15, 0.2) is 0 Å². The zero-order valence-corrected chi connectivity index (χ0v) is 19.5. The highest BCUT2D eigenvalue weighted by atomic mass is 32.2. The number of carbonyl (C=O) groups excluding carboxylic acids is 2. The lowest BCUT2D eigenvalue weighted by molar-refractivity contribution is -0.124. The van der Waals surface area contributed by atoms with Crippen LogP contribution in [0, 0.1) is 17.8 Å². The molecule has 5 nitrogen and oxygen atoms in total. The van der Waals surface area contributed by atoms with Crippen LogP contribution < -0.4 is 5.32 Å². The molecule has 0 spiro atoms. The molecule has 168 valence electrons. The molecule has 6 heteroatoms. The third-order valence-corrected chi connectivity index (χ3v) is 8.71. The van der Waals surface area contributed by atoms with Gasteiger partial charge in [-0.1, -0.05) is 12.1 Å². The number of thioether (sulfide) groups is 1. The summed E-state index contributed by atoms with van der Waals surface area (Å²) in [6, 6.07) is 7.68. The zero-order chi connectivity index (χ0) is 21.6. The Morgan fingerprint density at radius 2 is 1.74 bits per heavy atom. The van der Waals surface area contributed by atoms with Gasteiger partial charge in [0.05, 0.1) is 23.5 Å². The molecule has 1 heterocycles. The van der Waals surface area contributed by atoms with Crippen LogP contribution >= 0.6 is 11.8 Å². The lowest BCUT2D eigenvalue weighted by Gasteiger charge is -2.56. The number of benzene rings is 1. The van der Waals surface area contributed by atoms with E-state index in [0.29, 0.717) is 31.0 Å². The molecule has 1 aromatic rings. The Balaban J connectivity index is 1.22. The first-order chi connectivity index (χ1) is 14.8. The number of hydrogen-bond donors (Lipinski definition) is 1. The number of rotatable bonds is 5. The lowest BCUT2D eigenvalue weighted by Crippen LogP contribution is -2.60. The number of carbonyl (C=O) groups is 2. The molecule has 0 unspecified atom stereocenters. The predicted molar refractivity (Wildman–Crippen MR) is 122 cm³/mol. The molecular weight excluding hydrogens is 408 g/mol. The van der Waals surface area contributed by atoms with Crippen LogP contribution in [0.2, 0.25) is 0 Å². The van der Waals surface area contributed by atoms with E-state index in [1.807, 2.05) is 43.0 Å². The summed E-state index contributed by atoms with van der Waals surface area (Å²) >= 11 is 1.49. The fourth-order valence-corrected chi connectivity index (χ4v) is 7.71. The van der Waals surface area contributed by atoms with Crippen LogP contribution in [0.15, 0.2) is 29.2 Å². The highest BCUT2D eigenvalue weighted by Crippen LogP contribution is 2.55. The van der Waals surface area contributed by atoms with Gasteiger partial charge < -0.3 is 15.0 Å². The molecule has 4 bridgehead atoms. The van der Waals surface area contributed by atoms with Crippen molar-refractivity contribution < 1.29 is 14.3 Å². The van der Waals surface area contributed by atoms with Crippen molar-refractivity contribution in [3.05, 3.63) is 29.8 Å². The highest BCUT2D eigenvalue weighted by Gasteiger charge is 2.51. The Kier molecular flexibility index (Phi) is 5.58. The molecule has 1 N–H and O–H groups in total. The minimum atomic E-state index is -0.326. The van der Waals surface area contributed by atoms with Crippen molar-refractivity contribution in [3.8, 4) is 0 Å². The summed E-state index contributed by atoms with van der Waals surface area (Å²) < 4.78 is 5.75. The van der Waals surface area contributed by atoms with Crippen LogP contribution in [-0.2, 0) is 9.53 Å². The first-order valence-electron chi connectivity index (χ1n) is 11.8. The fraction of sp³-hybridized carbons (Fsp3) is 0.680. The summed E-state index contributed by atoms with van der Waals surface area (Å²) in [6.45, 7) is 5.77. The van der Waals surface area contributed by atoms with Crippen LogP contribution in [0.3, 0.4) is 0 Å². The van der Waals surface area contributed by atoms with Crippen molar-refractivity contribution in [2.75, 3.05) is 25.4 Å². The van der Waals surface area contributed by atoms with E-state index in [9.17, 15) is 9.59 Å². The molecule has 31 heavy (non-hydrogen) atoms. The highest BCUT2D eigenvalue weighted by molar-refractivity contribution is 8.00. The number of hydrogen-bond acceptors (Lipinski definition) is 4. The SMILES string of the molecule is CC1(C)CN(C(=O)c2ccccc2SCC(=O)NC23CC4CC(CC(C4)C2)C3)CCO1. The molecule has 5 fully saturated rings. The molecule has 6 rings (SSSR count). The first-order valence-corrected chi connectivity index (χ1v) is 12.8. The van der Waals surface area contributed by atoms with Crippen LogP contribution in [0.25, 0.3) is 0 Å². The summed E-state index contributed by atoms with van der Waals surface area (Å²) in [5.41, 5.74) is 0.405. The Hall–Kier alpha value is -1.53. The minimum absolute atomic E-state index is 0.0287. The first kappa shape index (κ1) is 21.3. The van der Waals surface area contributed by atoms with Gasteiger partial charge in [0, 0.05) is 23.5 Å². The predicted octanol–water partition coefficient (Wildman–Crippen LogP) is 4.11. The van der Waals surface area contributed by atoms with Crippen molar-refractivity contribution >= 4 is 23.6 Å². The molecule has 1 aliphatic heterocycles. The van der Waals surface area contributed by atoms with Crippen LogP contribution in [0.1, 0.15) is 62.7 Å². The summed E-state index contributed by atoms with van der Waals surface area (Å²) in [7, 11) is 0. The standard InChI is InChI=1S/C25H34N2O3S/c1-24(2)16-27(7-8-30-24)23(29)20-5-3-4-6-21(20)31-15-22(28)26-25-12-17-9-18(13-25)11-19(10-17)14-25/h3-6,17-19H,7-16H2,1-2H3,(H,26,28). The van der Waals surface area contributed by atoms with Gasteiger partial charge in [-0.15, -0.1) is 11.8 Å². The fourth-order valence-electron chi connectivity index (χ4n) is 6.87. The van der Waals surface area contributed by atoms with Gasteiger partial charge in [-0.05, 0) is 82.3 Å². The van der Waals surface area contributed by atoms with Crippen LogP contribution in [-0.4, -0.2) is 53.3 Å². The van der Waals surface area contributed by atoms with E-state index in [1.54, 1.807) is 0 Å². The summed E-state index contributed by atoms with van der Waals surface area (Å²) in [5, 5.41) is 3.45. The van der Waals surface area contributed by atoms with E-state index in [0.717, 1.165) is 41.9 Å². The van der Waals surface area contributed by atoms with Gasteiger partial charge in [-0.3, -0.25) is 9.59 Å². The molecular formula is C25H34N2O3S. The summed E-state index contributed by atoms with van der Waals surface area (Å²) in [5.74, 6) is 2.95. The second-order valence-corrected chi connectivity index (χ2v) is 11.9. The van der Waals surface area contributed by atoms with Crippen molar-refractivity contribution in [1.82, 2.24) is 10.2 Å². The Labute approximate surface area is 189 Å². The van der Waals surface area contributed by atoms with Crippen LogP contribution in [0.5, 0.6) is 0 Å². The van der Waals surface area contributed by atoms with E-state index in [-0.39, 0.29) is 23.0 Å². The van der Waals surface area contributed by atoms with Gasteiger partial charge in [0.25, 0.3) is 5.91 Å². The van der Waals surface area contributed by atoms with Gasteiger partial charge in [-0.2, -0.15) is 0 Å². The number of nitrogens with zero attached hydrogens (tertiary/aromatic N) is 1. The molecule has 0 radical (unpaired) electrons. The van der Waals surface area contributed by atoms with E-state index in [1.165, 1.54) is 31.0 Å². The topological polar surface area (TPSA) is 58.6 Å². The third-order valence-electron chi connectivity index (χ3n) is 7.63. The quantitative estimate of drug-likeness (QED) is 0.697. The summed E-state index contributed by atoms with van der Waals surface area (Å²) in [6.07, 6.45) is 7.61. The van der Waals surface area contributed by atoms with Crippen molar-refractivity contribution in [2.45, 2.75) is 68.4 Å². The molecule has 0 atom stereocenters. The van der Waals surface area contributed by atoms with Gasteiger partial charge >= 0.3 is 0 Å². The molecule has 1 saturated heterocycles. The normalized spacial score (nSPS) is 33.4. The van der Waals surface area contributed by atoms with E-state index in [2.05, 4.69) is 5.32 Å². The molecule has 2 amide bonds. The molecule has 4 saturated carbocycles. The Bertz CT molecular complexity index is 833. The average Bonchev–Trinajstić information content (AvgIpc) is 2.70. The lowest BCUT2D eigenvalue weighted by atomic mass is 9.53. The maximum Gasteiger partial charge on any atom is 0.255 e. The van der Waals surface area contributed by atoms with Gasteiger partial charge in [0.2, 0.25) is 5.91 Å². The van der Waals surface area contributed by atoms with E-state index in [4.69, 9.17) is 4.74 Å². The summed E-state index contributed by atoms with van der Waals surface area (Å²) in [4.78, 5) is 28.9. The number of morpholine rings is 1. The molecule has 1 aromatic carbocycles. The second kappa shape index (κ2) is 8.11. The molecule has 0 aromatic heterocycles. The Morgan fingerprint density at radius 3 is 2.39 bits per heavy atom. The average molecular weight is 443 g/mol. The number of nitrogens with one attached hydrogen (secondary N) is 1. The van der Waals surface area contributed by atoms with E-state index < -0.39 is 0 Å². The second-order valence-electron chi connectivity index (χ2n) is 10.9.